The van der Waals surface area contributed by atoms with Crippen LogP contribution in [0.5, 0.6) is 0 Å². The lowest BCUT2D eigenvalue weighted by molar-refractivity contribution is 0.0693. The highest BCUT2D eigenvalue weighted by atomic mass is 19.1. The molecule has 0 aliphatic carbocycles. The Morgan fingerprint density at radius 1 is 1.11 bits per heavy atom. The number of nitrogens with one attached hydrogen (secondary N) is 1. The Morgan fingerprint density at radius 3 is 2.50 bits per heavy atom. The topological polar surface area (TPSA) is 49.3 Å². The zero-order chi connectivity index (χ0) is 13.1. The third-order valence-electron chi connectivity index (χ3n) is 2.33. The van der Waals surface area contributed by atoms with Crippen LogP contribution < -0.4 is 5.32 Å². The monoisotopic (exact) mass is 249 g/mol. The summed E-state index contributed by atoms with van der Waals surface area (Å²) in [7, 11) is 0. The molecule has 0 unspecified atom stereocenters. The van der Waals surface area contributed by atoms with E-state index >= 15 is 0 Å². The summed E-state index contributed by atoms with van der Waals surface area (Å²) in [5.41, 5.74) is -0.0436. The van der Waals surface area contributed by atoms with Gasteiger partial charge in [0, 0.05) is 5.69 Å². The average molecular weight is 249 g/mol. The molecule has 2 rings (SSSR count). The number of rotatable bonds is 3. The van der Waals surface area contributed by atoms with Crippen molar-refractivity contribution >= 4 is 17.3 Å². The Kier molecular flexibility index (Phi) is 3.23. The molecule has 0 fully saturated rings. The Hall–Kier alpha value is -2.43. The Balaban J connectivity index is 2.40. The number of carboxylic acids is 1. The predicted octanol–water partition coefficient (Wildman–Crippen LogP) is 3.41. The molecule has 0 bridgehead atoms. The van der Waals surface area contributed by atoms with Crippen LogP contribution in [0, 0.1) is 11.6 Å². The minimum atomic E-state index is -1.38. The van der Waals surface area contributed by atoms with Crippen molar-refractivity contribution in [1.82, 2.24) is 0 Å². The fraction of sp³-hybridized carbons (Fsp3) is 0. The second-order valence-electron chi connectivity index (χ2n) is 3.60. The van der Waals surface area contributed by atoms with E-state index in [0.717, 1.165) is 6.07 Å². The Bertz CT molecular complexity index is 599. The molecule has 0 amide bonds. The minimum Gasteiger partial charge on any atom is -0.478 e. The Morgan fingerprint density at radius 2 is 1.83 bits per heavy atom. The quantitative estimate of drug-likeness (QED) is 0.876. The molecule has 3 nitrogen and oxygen atoms in total. The highest BCUT2D eigenvalue weighted by molar-refractivity contribution is 5.95. The molecule has 2 N–H and O–H groups in total. The van der Waals surface area contributed by atoms with Gasteiger partial charge >= 0.3 is 5.97 Å². The molecule has 2 aromatic rings. The molecule has 2 aromatic carbocycles. The predicted molar refractivity (Wildman–Crippen MR) is 63.0 cm³/mol. The van der Waals surface area contributed by atoms with Gasteiger partial charge in [0.25, 0.3) is 0 Å². The molecule has 0 radical (unpaired) electrons. The highest BCUT2D eigenvalue weighted by Gasteiger charge is 2.15. The summed E-state index contributed by atoms with van der Waals surface area (Å²) in [5.74, 6) is -2.69. The van der Waals surface area contributed by atoms with Crippen LogP contribution in [0.2, 0.25) is 0 Å². The minimum absolute atomic E-state index is 0.0769. The molecule has 0 atom stereocenters. The van der Waals surface area contributed by atoms with Gasteiger partial charge in [0.1, 0.15) is 17.2 Å². The molecule has 0 aliphatic rings. The van der Waals surface area contributed by atoms with Gasteiger partial charge in [-0.25, -0.2) is 13.6 Å². The second kappa shape index (κ2) is 4.83. The van der Waals surface area contributed by atoms with Gasteiger partial charge in [-0.15, -0.1) is 0 Å². The van der Waals surface area contributed by atoms with Crippen molar-refractivity contribution in [3.8, 4) is 0 Å². The molecule has 0 saturated heterocycles. The van der Waals surface area contributed by atoms with E-state index in [-0.39, 0.29) is 5.69 Å². The van der Waals surface area contributed by atoms with E-state index in [2.05, 4.69) is 5.32 Å². The van der Waals surface area contributed by atoms with E-state index in [1.807, 2.05) is 0 Å². The summed E-state index contributed by atoms with van der Waals surface area (Å²) in [4.78, 5) is 10.9. The molecule has 0 saturated carbocycles. The number of aromatic carboxylic acids is 1. The fourth-order valence-corrected chi connectivity index (χ4v) is 1.57. The first-order chi connectivity index (χ1) is 8.58. The largest absolute Gasteiger partial charge is 0.478 e. The van der Waals surface area contributed by atoms with Gasteiger partial charge in [-0.2, -0.15) is 0 Å². The molecular formula is C13H9F2NO2. The maximum Gasteiger partial charge on any atom is 0.340 e. The first-order valence-electron chi connectivity index (χ1n) is 5.12. The van der Waals surface area contributed by atoms with E-state index in [9.17, 15) is 13.6 Å². The SMILES string of the molecule is O=C(O)c1c(F)cccc1Nc1cccc(F)c1. The maximum atomic E-state index is 13.4. The summed E-state index contributed by atoms with van der Waals surface area (Å²) in [6.45, 7) is 0. The van der Waals surface area contributed by atoms with Crippen LogP contribution in [0.4, 0.5) is 20.2 Å². The van der Waals surface area contributed by atoms with Crippen molar-refractivity contribution in [3.63, 3.8) is 0 Å². The number of carbonyl (C=O) groups is 1. The molecule has 0 aromatic heterocycles. The van der Waals surface area contributed by atoms with Gasteiger partial charge in [0.05, 0.1) is 5.69 Å². The van der Waals surface area contributed by atoms with Crippen LogP contribution in [-0.4, -0.2) is 11.1 Å². The first kappa shape index (κ1) is 12.0. The molecule has 0 aliphatic heterocycles. The number of hydrogen-bond acceptors (Lipinski definition) is 2. The van der Waals surface area contributed by atoms with Gasteiger partial charge in [0.2, 0.25) is 0 Å². The van der Waals surface area contributed by atoms with Crippen LogP contribution in [0.25, 0.3) is 0 Å². The first-order valence-corrected chi connectivity index (χ1v) is 5.12. The van der Waals surface area contributed by atoms with Gasteiger partial charge in [0.15, 0.2) is 0 Å². The number of benzene rings is 2. The normalized spacial score (nSPS) is 10.1. The van der Waals surface area contributed by atoms with Gasteiger partial charge in [-0.1, -0.05) is 12.1 Å². The third kappa shape index (κ3) is 2.45. The molecule has 0 spiro atoms. The summed E-state index contributed by atoms with van der Waals surface area (Å²) in [6.07, 6.45) is 0. The van der Waals surface area contributed by atoms with Gasteiger partial charge in [-0.05, 0) is 30.3 Å². The molecule has 0 heterocycles. The van der Waals surface area contributed by atoms with E-state index in [1.54, 1.807) is 6.07 Å². The summed E-state index contributed by atoms with van der Waals surface area (Å²) < 4.78 is 26.4. The zero-order valence-corrected chi connectivity index (χ0v) is 9.15. The molecule has 5 heteroatoms. The van der Waals surface area contributed by atoms with E-state index in [0.29, 0.717) is 5.69 Å². The number of carboxylic acid groups (broad SMARTS) is 1. The smallest absolute Gasteiger partial charge is 0.340 e. The number of hydrogen-bond donors (Lipinski definition) is 2. The van der Waals surface area contributed by atoms with Crippen LogP contribution in [0.1, 0.15) is 10.4 Å². The summed E-state index contributed by atoms with van der Waals surface area (Å²) >= 11 is 0. The summed E-state index contributed by atoms with van der Waals surface area (Å²) in [6, 6.07) is 9.32. The van der Waals surface area contributed by atoms with Crippen molar-refractivity contribution in [3.05, 3.63) is 59.7 Å². The van der Waals surface area contributed by atoms with Crippen molar-refractivity contribution in [2.75, 3.05) is 5.32 Å². The van der Waals surface area contributed by atoms with Gasteiger partial charge in [-0.3, -0.25) is 0 Å². The standard InChI is InChI=1S/C13H9F2NO2/c14-8-3-1-4-9(7-8)16-11-6-2-5-10(15)12(11)13(17)18/h1-7,16H,(H,17,18). The van der Waals surface area contributed by atoms with Crippen molar-refractivity contribution in [2.24, 2.45) is 0 Å². The lowest BCUT2D eigenvalue weighted by atomic mass is 10.1. The maximum absolute atomic E-state index is 13.4. The van der Waals surface area contributed by atoms with Crippen LogP contribution in [0.3, 0.4) is 0 Å². The average Bonchev–Trinajstić information content (AvgIpc) is 2.28. The summed E-state index contributed by atoms with van der Waals surface area (Å²) in [5, 5.41) is 11.6. The lowest BCUT2D eigenvalue weighted by Crippen LogP contribution is -2.05. The molecular weight excluding hydrogens is 240 g/mol. The molecule has 18 heavy (non-hydrogen) atoms. The van der Waals surface area contributed by atoms with E-state index < -0.39 is 23.2 Å². The Labute approximate surface area is 102 Å². The van der Waals surface area contributed by atoms with Crippen molar-refractivity contribution in [2.45, 2.75) is 0 Å². The second-order valence-corrected chi connectivity index (χ2v) is 3.60. The zero-order valence-electron chi connectivity index (χ0n) is 9.15. The van der Waals surface area contributed by atoms with Crippen LogP contribution in [0.15, 0.2) is 42.5 Å². The molecule has 92 valence electrons. The highest BCUT2D eigenvalue weighted by Crippen LogP contribution is 2.23. The lowest BCUT2D eigenvalue weighted by Gasteiger charge is -2.10. The van der Waals surface area contributed by atoms with E-state index in [1.165, 1.54) is 30.3 Å². The van der Waals surface area contributed by atoms with Crippen LogP contribution >= 0.6 is 0 Å². The van der Waals surface area contributed by atoms with Crippen molar-refractivity contribution < 1.29 is 18.7 Å². The van der Waals surface area contributed by atoms with E-state index in [4.69, 9.17) is 5.11 Å². The number of anilines is 2. The van der Waals surface area contributed by atoms with Crippen LogP contribution in [-0.2, 0) is 0 Å². The third-order valence-corrected chi connectivity index (χ3v) is 2.33. The number of halogens is 2. The van der Waals surface area contributed by atoms with Gasteiger partial charge < -0.3 is 10.4 Å². The fourth-order valence-electron chi connectivity index (χ4n) is 1.57. The van der Waals surface area contributed by atoms with Crippen molar-refractivity contribution in [1.29, 1.82) is 0 Å².